The van der Waals surface area contributed by atoms with Crippen molar-refractivity contribution in [2.24, 2.45) is 5.84 Å². The summed E-state index contributed by atoms with van der Waals surface area (Å²) in [5.74, 6) is 5.26. The smallest absolute Gasteiger partial charge is 0.244 e. The number of benzene rings is 1. The molecule has 0 aliphatic rings. The molecule has 0 bridgehead atoms. The van der Waals surface area contributed by atoms with Crippen molar-refractivity contribution in [3.8, 4) is 0 Å². The zero-order chi connectivity index (χ0) is 15.5. The van der Waals surface area contributed by atoms with E-state index >= 15 is 0 Å². The van der Waals surface area contributed by atoms with Gasteiger partial charge in [0.15, 0.2) is 0 Å². The molecule has 4 N–H and O–H groups in total. The van der Waals surface area contributed by atoms with E-state index in [0.29, 0.717) is 5.02 Å². The normalized spacial score (nSPS) is 12.9. The molecule has 1 heterocycles. The topological polar surface area (TPSA) is 110 Å². The van der Waals surface area contributed by atoms with E-state index in [-0.39, 0.29) is 10.8 Å². The van der Waals surface area contributed by atoms with Crippen molar-refractivity contribution < 1.29 is 8.42 Å². The summed E-state index contributed by atoms with van der Waals surface area (Å²) in [6, 6.07) is 6.52. The lowest BCUT2D eigenvalue weighted by Gasteiger charge is -2.14. The first-order chi connectivity index (χ1) is 9.92. The summed E-state index contributed by atoms with van der Waals surface area (Å²) >= 11 is 5.89. The molecule has 21 heavy (non-hydrogen) atoms. The minimum Gasteiger partial charge on any atom is -0.292 e. The van der Waals surface area contributed by atoms with Crippen LogP contribution in [0.25, 0.3) is 0 Å². The van der Waals surface area contributed by atoms with E-state index in [1.54, 1.807) is 31.2 Å². The Balaban J connectivity index is 2.20. The van der Waals surface area contributed by atoms with Crippen molar-refractivity contribution in [2.75, 3.05) is 5.43 Å². The van der Waals surface area contributed by atoms with Crippen molar-refractivity contribution in [2.45, 2.75) is 17.9 Å². The van der Waals surface area contributed by atoms with Crippen LogP contribution in [0.2, 0.25) is 5.02 Å². The monoisotopic (exact) mass is 327 g/mol. The van der Waals surface area contributed by atoms with Crippen LogP contribution in [0.15, 0.2) is 41.6 Å². The number of aromatic nitrogens is 2. The van der Waals surface area contributed by atoms with Crippen LogP contribution in [0.4, 0.5) is 5.95 Å². The van der Waals surface area contributed by atoms with Crippen LogP contribution < -0.4 is 16.0 Å². The van der Waals surface area contributed by atoms with E-state index < -0.39 is 16.1 Å². The van der Waals surface area contributed by atoms with Crippen molar-refractivity contribution in [3.63, 3.8) is 0 Å². The highest BCUT2D eigenvalue weighted by molar-refractivity contribution is 7.89. The summed E-state index contributed by atoms with van der Waals surface area (Å²) in [4.78, 5) is 7.49. The molecule has 0 fully saturated rings. The Hall–Kier alpha value is -1.74. The molecule has 0 spiro atoms. The number of nitrogen functional groups attached to an aromatic ring is 1. The molecule has 0 radical (unpaired) electrons. The number of sulfonamides is 1. The Kier molecular flexibility index (Phi) is 4.73. The summed E-state index contributed by atoms with van der Waals surface area (Å²) in [7, 11) is -3.73. The average molecular weight is 328 g/mol. The predicted molar refractivity (Wildman–Crippen MR) is 80.0 cm³/mol. The largest absolute Gasteiger partial charge is 0.292 e. The van der Waals surface area contributed by atoms with E-state index in [1.165, 1.54) is 12.4 Å². The van der Waals surface area contributed by atoms with Crippen LogP contribution in [-0.4, -0.2) is 18.4 Å². The van der Waals surface area contributed by atoms with Crippen LogP contribution in [0.3, 0.4) is 0 Å². The van der Waals surface area contributed by atoms with Gasteiger partial charge in [-0.05, 0) is 24.6 Å². The minimum atomic E-state index is -3.73. The standard InChI is InChI=1S/C12H14ClN5O2S/c1-8(9-3-2-4-10(13)5-9)18-21(19,20)11-6-15-12(17-14)16-7-11/h2-8,18H,14H2,1H3,(H,15,16,17). The molecular weight excluding hydrogens is 314 g/mol. The fourth-order valence-corrected chi connectivity index (χ4v) is 2.99. The van der Waals surface area contributed by atoms with Gasteiger partial charge in [0.25, 0.3) is 0 Å². The molecular formula is C12H14ClN5O2S. The van der Waals surface area contributed by atoms with Gasteiger partial charge < -0.3 is 0 Å². The van der Waals surface area contributed by atoms with Crippen LogP contribution >= 0.6 is 11.6 Å². The van der Waals surface area contributed by atoms with E-state index in [9.17, 15) is 8.42 Å². The van der Waals surface area contributed by atoms with Crippen LogP contribution in [0.1, 0.15) is 18.5 Å². The third-order valence-corrected chi connectivity index (χ3v) is 4.48. The highest BCUT2D eigenvalue weighted by Crippen LogP contribution is 2.19. The maximum absolute atomic E-state index is 12.2. The number of anilines is 1. The third kappa shape index (κ3) is 3.88. The number of nitrogens with zero attached hydrogens (tertiary/aromatic N) is 2. The van der Waals surface area contributed by atoms with Crippen molar-refractivity contribution in [1.82, 2.24) is 14.7 Å². The average Bonchev–Trinajstić information content (AvgIpc) is 2.47. The van der Waals surface area contributed by atoms with Crippen LogP contribution in [0.5, 0.6) is 0 Å². The molecule has 0 saturated carbocycles. The van der Waals surface area contributed by atoms with E-state index in [0.717, 1.165) is 5.56 Å². The summed E-state index contributed by atoms with van der Waals surface area (Å²) in [5, 5.41) is 0.542. The number of hydrogen-bond donors (Lipinski definition) is 3. The Labute approximate surface area is 127 Å². The first-order valence-electron chi connectivity index (χ1n) is 5.99. The van der Waals surface area contributed by atoms with Gasteiger partial charge in [-0.25, -0.2) is 29.0 Å². The summed E-state index contributed by atoms with van der Waals surface area (Å²) in [6.07, 6.45) is 2.35. The molecule has 1 aromatic heterocycles. The molecule has 0 aliphatic heterocycles. The van der Waals surface area contributed by atoms with Gasteiger partial charge in [0.2, 0.25) is 16.0 Å². The molecule has 0 amide bonds. The lowest BCUT2D eigenvalue weighted by Crippen LogP contribution is -2.27. The van der Waals surface area contributed by atoms with Gasteiger partial charge >= 0.3 is 0 Å². The number of nitrogens with one attached hydrogen (secondary N) is 2. The lowest BCUT2D eigenvalue weighted by molar-refractivity contribution is 0.566. The first kappa shape index (κ1) is 15.6. The molecule has 1 atom stereocenters. The summed E-state index contributed by atoms with van der Waals surface area (Å²) < 4.78 is 27.0. The van der Waals surface area contributed by atoms with Crippen LogP contribution in [0, 0.1) is 0 Å². The van der Waals surface area contributed by atoms with Gasteiger partial charge in [-0.2, -0.15) is 0 Å². The summed E-state index contributed by atoms with van der Waals surface area (Å²) in [6.45, 7) is 1.72. The van der Waals surface area contributed by atoms with Gasteiger partial charge in [-0.1, -0.05) is 23.7 Å². The Bertz CT molecular complexity index is 721. The molecule has 2 aromatic rings. The second-order valence-electron chi connectivity index (χ2n) is 4.28. The molecule has 0 aliphatic carbocycles. The quantitative estimate of drug-likeness (QED) is 0.566. The SMILES string of the molecule is CC(NS(=O)(=O)c1cnc(NN)nc1)c1cccc(Cl)c1. The molecule has 1 unspecified atom stereocenters. The summed E-state index contributed by atoms with van der Waals surface area (Å²) in [5.41, 5.74) is 2.98. The number of rotatable bonds is 5. The zero-order valence-corrected chi connectivity index (χ0v) is 12.7. The second-order valence-corrected chi connectivity index (χ2v) is 6.44. The maximum Gasteiger partial charge on any atom is 0.244 e. The molecule has 112 valence electrons. The zero-order valence-electron chi connectivity index (χ0n) is 11.1. The third-order valence-electron chi connectivity index (χ3n) is 2.75. The number of hydrogen-bond acceptors (Lipinski definition) is 6. The fraction of sp³-hybridized carbons (Fsp3) is 0.167. The number of halogens is 1. The van der Waals surface area contributed by atoms with Gasteiger partial charge in [-0.15, -0.1) is 0 Å². The van der Waals surface area contributed by atoms with Gasteiger partial charge in [0.1, 0.15) is 4.90 Å². The predicted octanol–water partition coefficient (Wildman–Crippen LogP) is 1.46. The number of hydrazine groups is 1. The molecule has 1 aromatic carbocycles. The highest BCUT2D eigenvalue weighted by atomic mass is 35.5. The van der Waals surface area contributed by atoms with Crippen molar-refractivity contribution in [1.29, 1.82) is 0 Å². The lowest BCUT2D eigenvalue weighted by atomic mass is 10.1. The fourth-order valence-electron chi connectivity index (χ4n) is 1.67. The van der Waals surface area contributed by atoms with E-state index in [1.807, 2.05) is 0 Å². The van der Waals surface area contributed by atoms with Crippen molar-refractivity contribution >= 4 is 27.6 Å². The van der Waals surface area contributed by atoms with E-state index in [4.69, 9.17) is 17.4 Å². The first-order valence-corrected chi connectivity index (χ1v) is 7.85. The Morgan fingerprint density at radius 1 is 1.29 bits per heavy atom. The number of nitrogens with two attached hydrogens (primary N) is 1. The highest BCUT2D eigenvalue weighted by Gasteiger charge is 2.19. The molecule has 2 rings (SSSR count). The Morgan fingerprint density at radius 2 is 1.95 bits per heavy atom. The minimum absolute atomic E-state index is 0.0459. The second kappa shape index (κ2) is 6.35. The van der Waals surface area contributed by atoms with Crippen molar-refractivity contribution in [3.05, 3.63) is 47.2 Å². The van der Waals surface area contributed by atoms with Gasteiger partial charge in [-0.3, -0.25) is 5.43 Å². The maximum atomic E-state index is 12.2. The van der Waals surface area contributed by atoms with E-state index in [2.05, 4.69) is 20.1 Å². The van der Waals surface area contributed by atoms with Crippen LogP contribution in [-0.2, 0) is 10.0 Å². The van der Waals surface area contributed by atoms with Gasteiger partial charge in [0.05, 0.1) is 12.4 Å². The molecule has 7 nitrogen and oxygen atoms in total. The van der Waals surface area contributed by atoms with Gasteiger partial charge in [0, 0.05) is 11.1 Å². The molecule has 0 saturated heterocycles. The Morgan fingerprint density at radius 3 is 2.52 bits per heavy atom. The molecule has 9 heteroatoms.